The fraction of sp³-hybridized carbons (Fsp3) is 0.273. The van der Waals surface area contributed by atoms with Crippen molar-refractivity contribution in [1.82, 2.24) is 15.6 Å². The number of guanidine groups is 1. The van der Waals surface area contributed by atoms with Crippen LogP contribution in [0.4, 0.5) is 4.39 Å². The van der Waals surface area contributed by atoms with E-state index in [1.165, 1.54) is 18.2 Å². The number of halogens is 1. The Bertz CT molecular complexity index is 1160. The Morgan fingerprint density at radius 2 is 1.87 bits per heavy atom. The number of nitrogens with zero attached hydrogens (tertiary/aromatic N) is 2. The minimum Gasteiger partial charge on any atom is -0.357 e. The number of aromatic nitrogens is 1. The summed E-state index contributed by atoms with van der Waals surface area (Å²) in [6.45, 7) is 3.28. The van der Waals surface area contributed by atoms with Gasteiger partial charge in [-0.15, -0.1) is 0 Å². The molecule has 0 saturated carbocycles. The van der Waals surface area contributed by atoms with Crippen molar-refractivity contribution in [3.63, 3.8) is 0 Å². The van der Waals surface area contributed by atoms with Gasteiger partial charge in [-0.1, -0.05) is 30.3 Å². The highest BCUT2D eigenvalue weighted by Gasteiger charge is 2.11. The van der Waals surface area contributed by atoms with E-state index in [1.807, 2.05) is 37.3 Å². The Balaban J connectivity index is 1.79. The SMILES string of the molecule is CCNC(=NCc1cc(F)ccc1CS(C)(=O)=O)NCc1cccc2cccnc12. The second kappa shape index (κ2) is 9.67. The zero-order chi connectivity index (χ0) is 21.6. The third-order valence-corrected chi connectivity index (χ3v) is 5.34. The number of sulfone groups is 1. The average molecular weight is 429 g/mol. The number of hydrogen-bond acceptors (Lipinski definition) is 4. The smallest absolute Gasteiger partial charge is 0.191 e. The standard InChI is InChI=1S/C22H25FN4O2S/c1-3-24-22(26-13-17-7-4-6-16-8-5-11-25-21(16)17)27-14-19-12-20(23)10-9-18(19)15-30(2,28)29/h4-12H,3,13-15H2,1-2H3,(H2,24,26,27). The van der Waals surface area contributed by atoms with Crippen LogP contribution in [0.3, 0.4) is 0 Å². The number of hydrogen-bond donors (Lipinski definition) is 2. The zero-order valence-corrected chi connectivity index (χ0v) is 17.8. The maximum absolute atomic E-state index is 13.7. The Kier molecular flexibility index (Phi) is 6.99. The third kappa shape index (κ3) is 6.00. The van der Waals surface area contributed by atoms with Crippen molar-refractivity contribution in [2.75, 3.05) is 12.8 Å². The van der Waals surface area contributed by atoms with Gasteiger partial charge in [0.15, 0.2) is 15.8 Å². The van der Waals surface area contributed by atoms with E-state index in [0.717, 1.165) is 22.7 Å². The van der Waals surface area contributed by atoms with Gasteiger partial charge in [0.1, 0.15) is 5.82 Å². The number of rotatable bonds is 7. The molecule has 158 valence electrons. The summed E-state index contributed by atoms with van der Waals surface area (Å²) in [7, 11) is -3.24. The summed E-state index contributed by atoms with van der Waals surface area (Å²) in [5, 5.41) is 7.49. The van der Waals surface area contributed by atoms with Crippen LogP contribution in [0.25, 0.3) is 10.9 Å². The van der Waals surface area contributed by atoms with Gasteiger partial charge in [0.05, 0.1) is 17.8 Å². The molecule has 0 unspecified atom stereocenters. The number of para-hydroxylation sites is 1. The topological polar surface area (TPSA) is 83.5 Å². The van der Waals surface area contributed by atoms with Crippen molar-refractivity contribution < 1.29 is 12.8 Å². The van der Waals surface area contributed by atoms with Crippen LogP contribution in [0.15, 0.2) is 59.7 Å². The zero-order valence-electron chi connectivity index (χ0n) is 17.0. The summed E-state index contributed by atoms with van der Waals surface area (Å²) < 4.78 is 37.1. The highest BCUT2D eigenvalue weighted by Crippen LogP contribution is 2.17. The number of aliphatic imine (C=N–C) groups is 1. The van der Waals surface area contributed by atoms with E-state index in [9.17, 15) is 12.8 Å². The van der Waals surface area contributed by atoms with Crippen LogP contribution in [0.2, 0.25) is 0 Å². The van der Waals surface area contributed by atoms with Crippen molar-refractivity contribution in [2.24, 2.45) is 4.99 Å². The molecule has 2 N–H and O–H groups in total. The molecule has 1 aromatic heterocycles. The molecule has 0 saturated heterocycles. The van der Waals surface area contributed by atoms with E-state index in [0.29, 0.717) is 30.2 Å². The van der Waals surface area contributed by atoms with Gasteiger partial charge < -0.3 is 10.6 Å². The molecule has 0 aliphatic heterocycles. The van der Waals surface area contributed by atoms with Crippen molar-refractivity contribution in [3.8, 4) is 0 Å². The lowest BCUT2D eigenvalue weighted by molar-refractivity contribution is 0.600. The normalized spacial score (nSPS) is 12.2. The summed E-state index contributed by atoms with van der Waals surface area (Å²) in [6.07, 6.45) is 2.92. The molecule has 0 aliphatic rings. The molecule has 2 aromatic carbocycles. The van der Waals surface area contributed by atoms with Crippen LogP contribution in [-0.2, 0) is 28.7 Å². The highest BCUT2D eigenvalue weighted by molar-refractivity contribution is 7.89. The molecule has 8 heteroatoms. The van der Waals surface area contributed by atoms with Crippen LogP contribution in [0.1, 0.15) is 23.6 Å². The fourth-order valence-electron chi connectivity index (χ4n) is 3.16. The molecule has 0 bridgehead atoms. The first-order chi connectivity index (χ1) is 14.4. The Hall–Kier alpha value is -3.00. The lowest BCUT2D eigenvalue weighted by atomic mass is 10.1. The molecule has 3 rings (SSSR count). The van der Waals surface area contributed by atoms with Crippen LogP contribution in [0.5, 0.6) is 0 Å². The van der Waals surface area contributed by atoms with Crippen LogP contribution < -0.4 is 10.6 Å². The summed E-state index contributed by atoms with van der Waals surface area (Å²) >= 11 is 0. The molecule has 0 radical (unpaired) electrons. The molecule has 3 aromatic rings. The summed E-state index contributed by atoms with van der Waals surface area (Å²) in [5.41, 5.74) is 3.05. The predicted octanol–water partition coefficient (Wildman–Crippen LogP) is 3.17. The van der Waals surface area contributed by atoms with Gasteiger partial charge in [-0.2, -0.15) is 0 Å². The van der Waals surface area contributed by atoms with E-state index >= 15 is 0 Å². The minimum absolute atomic E-state index is 0.149. The quantitative estimate of drug-likeness (QED) is 0.446. The maximum Gasteiger partial charge on any atom is 0.191 e. The van der Waals surface area contributed by atoms with Gasteiger partial charge in [0.2, 0.25) is 0 Å². The first-order valence-corrected chi connectivity index (χ1v) is 11.7. The van der Waals surface area contributed by atoms with E-state index in [1.54, 1.807) is 6.20 Å². The minimum atomic E-state index is -3.24. The molecule has 1 heterocycles. The monoisotopic (exact) mass is 428 g/mol. The summed E-state index contributed by atoms with van der Waals surface area (Å²) in [6, 6.07) is 14.0. The van der Waals surface area contributed by atoms with Crippen molar-refractivity contribution in [2.45, 2.75) is 25.8 Å². The molecule has 0 fully saturated rings. The van der Waals surface area contributed by atoms with Gasteiger partial charge in [-0.25, -0.2) is 17.8 Å². The van der Waals surface area contributed by atoms with Gasteiger partial charge in [0, 0.05) is 30.9 Å². The molecule has 30 heavy (non-hydrogen) atoms. The van der Waals surface area contributed by atoms with Gasteiger partial charge >= 0.3 is 0 Å². The molecular formula is C22H25FN4O2S. The number of nitrogens with one attached hydrogen (secondary N) is 2. The Morgan fingerprint density at radius 3 is 2.63 bits per heavy atom. The van der Waals surface area contributed by atoms with Gasteiger partial charge in [-0.3, -0.25) is 4.98 Å². The number of benzene rings is 2. The maximum atomic E-state index is 13.7. The van der Waals surface area contributed by atoms with Crippen molar-refractivity contribution in [1.29, 1.82) is 0 Å². The lowest BCUT2D eigenvalue weighted by Gasteiger charge is -2.13. The Morgan fingerprint density at radius 1 is 1.07 bits per heavy atom. The molecule has 0 aliphatic carbocycles. The fourth-order valence-corrected chi connectivity index (χ4v) is 4.01. The highest BCUT2D eigenvalue weighted by atomic mass is 32.2. The molecular weight excluding hydrogens is 403 g/mol. The van der Waals surface area contributed by atoms with E-state index < -0.39 is 15.7 Å². The predicted molar refractivity (Wildman–Crippen MR) is 118 cm³/mol. The van der Waals surface area contributed by atoms with E-state index in [4.69, 9.17) is 0 Å². The van der Waals surface area contributed by atoms with E-state index in [2.05, 4.69) is 20.6 Å². The summed E-state index contributed by atoms with van der Waals surface area (Å²) in [5.74, 6) is -0.0127. The van der Waals surface area contributed by atoms with E-state index in [-0.39, 0.29) is 12.3 Å². The van der Waals surface area contributed by atoms with Crippen LogP contribution >= 0.6 is 0 Å². The lowest BCUT2D eigenvalue weighted by Crippen LogP contribution is -2.36. The first-order valence-electron chi connectivity index (χ1n) is 9.65. The number of fused-ring (bicyclic) bond motifs is 1. The first kappa shape index (κ1) is 21.7. The van der Waals surface area contributed by atoms with Crippen LogP contribution in [-0.4, -0.2) is 32.2 Å². The summed E-state index contributed by atoms with van der Waals surface area (Å²) in [4.78, 5) is 8.98. The molecule has 6 nitrogen and oxygen atoms in total. The average Bonchev–Trinajstić information content (AvgIpc) is 2.71. The Labute approximate surface area is 176 Å². The molecule has 0 amide bonds. The molecule has 0 atom stereocenters. The third-order valence-electron chi connectivity index (χ3n) is 4.50. The van der Waals surface area contributed by atoms with Gasteiger partial charge in [0.25, 0.3) is 0 Å². The molecule has 0 spiro atoms. The largest absolute Gasteiger partial charge is 0.357 e. The van der Waals surface area contributed by atoms with Crippen molar-refractivity contribution >= 4 is 26.7 Å². The van der Waals surface area contributed by atoms with Crippen LogP contribution in [0, 0.1) is 5.82 Å². The second-order valence-electron chi connectivity index (χ2n) is 7.02. The van der Waals surface area contributed by atoms with Gasteiger partial charge in [-0.05, 0) is 41.8 Å². The second-order valence-corrected chi connectivity index (χ2v) is 9.16. The number of pyridine rings is 1. The van der Waals surface area contributed by atoms with Crippen molar-refractivity contribution in [3.05, 3.63) is 77.2 Å².